The minimum atomic E-state index is -0.419. The van der Waals surface area contributed by atoms with E-state index in [2.05, 4.69) is 5.32 Å². The van der Waals surface area contributed by atoms with Crippen LogP contribution in [0.25, 0.3) is 0 Å². The molecule has 3 rings (SSSR count). The fourth-order valence-electron chi connectivity index (χ4n) is 3.50. The van der Waals surface area contributed by atoms with E-state index in [1.807, 2.05) is 38.1 Å². The minimum Gasteiger partial charge on any atom is -0.365 e. The average molecular weight is 376 g/mol. The van der Waals surface area contributed by atoms with Crippen LogP contribution in [0.1, 0.15) is 56.4 Å². The fraction of sp³-hybridized carbons (Fsp3) is 0.381. The lowest BCUT2D eigenvalue weighted by Gasteiger charge is -2.43. The maximum atomic E-state index is 13.3. The van der Waals surface area contributed by atoms with Crippen LogP contribution in [0.3, 0.4) is 0 Å². The first-order chi connectivity index (χ1) is 12.4. The highest BCUT2D eigenvalue weighted by molar-refractivity contribution is 6.30. The number of nitrogens with one attached hydrogen (secondary N) is 1. The quantitative estimate of drug-likeness (QED) is 0.781. The van der Waals surface area contributed by atoms with E-state index in [1.165, 1.54) is 12.1 Å². The van der Waals surface area contributed by atoms with Crippen LogP contribution in [0.4, 0.5) is 4.39 Å². The SMILES string of the molecule is CCC(=O)N[C@]1(C)C[C@@H](c2ccc(F)cc2)O[C@@H](c2cccc(Cl)c2)C1. The van der Waals surface area contributed by atoms with Crippen molar-refractivity contribution in [2.75, 3.05) is 0 Å². The molecular weight excluding hydrogens is 353 g/mol. The van der Waals surface area contributed by atoms with E-state index in [4.69, 9.17) is 16.3 Å². The van der Waals surface area contributed by atoms with Crippen molar-refractivity contribution < 1.29 is 13.9 Å². The fourth-order valence-corrected chi connectivity index (χ4v) is 3.70. The third-order valence-electron chi connectivity index (χ3n) is 4.82. The number of carbonyl (C=O) groups excluding carboxylic acids is 1. The van der Waals surface area contributed by atoms with Crippen LogP contribution in [0.5, 0.6) is 0 Å². The molecule has 138 valence electrons. The van der Waals surface area contributed by atoms with Gasteiger partial charge in [0.05, 0.1) is 12.2 Å². The second kappa shape index (κ2) is 7.77. The molecule has 0 unspecified atom stereocenters. The van der Waals surface area contributed by atoms with E-state index < -0.39 is 5.54 Å². The molecule has 1 fully saturated rings. The highest BCUT2D eigenvalue weighted by Crippen LogP contribution is 2.44. The Morgan fingerprint density at radius 3 is 2.46 bits per heavy atom. The molecule has 1 saturated heterocycles. The van der Waals surface area contributed by atoms with Crippen molar-refractivity contribution in [1.82, 2.24) is 5.32 Å². The molecule has 2 aromatic carbocycles. The molecule has 1 aliphatic rings. The topological polar surface area (TPSA) is 38.3 Å². The zero-order valence-corrected chi connectivity index (χ0v) is 15.7. The lowest BCUT2D eigenvalue weighted by atomic mass is 9.81. The predicted octanol–water partition coefficient (Wildman–Crippen LogP) is 5.36. The van der Waals surface area contributed by atoms with Crippen molar-refractivity contribution in [2.45, 2.75) is 50.9 Å². The first kappa shape index (κ1) is 18.9. The van der Waals surface area contributed by atoms with Gasteiger partial charge in [-0.25, -0.2) is 4.39 Å². The van der Waals surface area contributed by atoms with Crippen molar-refractivity contribution in [3.8, 4) is 0 Å². The number of rotatable bonds is 4. The summed E-state index contributed by atoms with van der Waals surface area (Å²) < 4.78 is 19.6. The van der Waals surface area contributed by atoms with Gasteiger partial charge in [-0.3, -0.25) is 4.79 Å². The van der Waals surface area contributed by atoms with Gasteiger partial charge in [0.15, 0.2) is 0 Å². The standard InChI is InChI=1S/C21H23ClFNO2/c1-3-20(25)24-21(2)12-18(14-7-9-17(23)10-8-14)26-19(13-21)15-5-4-6-16(22)11-15/h4-11,18-19H,3,12-13H2,1-2H3,(H,24,25)/t18-,19+,21+/m0/s1. The third kappa shape index (κ3) is 4.43. The summed E-state index contributed by atoms with van der Waals surface area (Å²) in [5.74, 6) is -0.268. The number of halogens is 2. The Labute approximate surface area is 158 Å². The molecule has 3 nitrogen and oxygen atoms in total. The van der Waals surface area contributed by atoms with Gasteiger partial charge < -0.3 is 10.1 Å². The van der Waals surface area contributed by atoms with Crippen LogP contribution in [0.2, 0.25) is 5.02 Å². The van der Waals surface area contributed by atoms with Gasteiger partial charge in [0, 0.05) is 29.8 Å². The summed E-state index contributed by atoms with van der Waals surface area (Å²) in [5, 5.41) is 3.79. The summed E-state index contributed by atoms with van der Waals surface area (Å²) in [5.41, 5.74) is 1.45. The third-order valence-corrected chi connectivity index (χ3v) is 5.06. The zero-order valence-electron chi connectivity index (χ0n) is 15.0. The van der Waals surface area contributed by atoms with Gasteiger partial charge >= 0.3 is 0 Å². The summed E-state index contributed by atoms with van der Waals surface area (Å²) in [6.07, 6.45) is 1.26. The molecule has 0 spiro atoms. The van der Waals surface area contributed by atoms with E-state index in [9.17, 15) is 9.18 Å². The Hall–Kier alpha value is -1.91. The maximum absolute atomic E-state index is 13.3. The van der Waals surface area contributed by atoms with Crippen LogP contribution < -0.4 is 5.32 Å². The molecule has 0 saturated carbocycles. The van der Waals surface area contributed by atoms with Gasteiger partial charge in [-0.15, -0.1) is 0 Å². The van der Waals surface area contributed by atoms with Crippen molar-refractivity contribution in [3.63, 3.8) is 0 Å². The number of benzene rings is 2. The molecule has 1 amide bonds. The zero-order chi connectivity index (χ0) is 18.7. The summed E-state index contributed by atoms with van der Waals surface area (Å²) in [6.45, 7) is 3.88. The Balaban J connectivity index is 1.92. The van der Waals surface area contributed by atoms with Crippen molar-refractivity contribution in [1.29, 1.82) is 0 Å². The van der Waals surface area contributed by atoms with E-state index in [-0.39, 0.29) is 23.9 Å². The molecule has 3 atom stereocenters. The normalized spacial score (nSPS) is 25.7. The second-order valence-electron chi connectivity index (χ2n) is 7.09. The molecule has 0 aliphatic carbocycles. The number of hydrogen-bond donors (Lipinski definition) is 1. The van der Waals surface area contributed by atoms with Gasteiger partial charge in [0.1, 0.15) is 5.82 Å². The Morgan fingerprint density at radius 1 is 1.19 bits per heavy atom. The number of ether oxygens (including phenoxy) is 1. The Morgan fingerprint density at radius 2 is 1.85 bits per heavy atom. The minimum absolute atomic E-state index is 0.0112. The van der Waals surface area contributed by atoms with Crippen LogP contribution >= 0.6 is 11.6 Å². The molecule has 5 heteroatoms. The van der Waals surface area contributed by atoms with E-state index in [0.717, 1.165) is 11.1 Å². The highest BCUT2D eigenvalue weighted by Gasteiger charge is 2.40. The lowest BCUT2D eigenvalue weighted by molar-refractivity contribution is -0.128. The largest absolute Gasteiger partial charge is 0.365 e. The lowest BCUT2D eigenvalue weighted by Crippen LogP contribution is -2.50. The molecule has 2 aromatic rings. The van der Waals surface area contributed by atoms with Crippen LogP contribution in [-0.4, -0.2) is 11.4 Å². The van der Waals surface area contributed by atoms with Crippen LogP contribution in [0, 0.1) is 5.82 Å². The smallest absolute Gasteiger partial charge is 0.220 e. The number of carbonyl (C=O) groups is 1. The van der Waals surface area contributed by atoms with E-state index >= 15 is 0 Å². The Bertz CT molecular complexity index is 780. The molecular formula is C21H23ClFNO2. The van der Waals surface area contributed by atoms with Gasteiger partial charge in [-0.1, -0.05) is 42.8 Å². The number of amides is 1. The van der Waals surface area contributed by atoms with Crippen molar-refractivity contribution >= 4 is 17.5 Å². The van der Waals surface area contributed by atoms with Gasteiger partial charge in [-0.05, 0) is 42.3 Å². The predicted molar refractivity (Wildman–Crippen MR) is 100 cm³/mol. The van der Waals surface area contributed by atoms with Crippen LogP contribution in [-0.2, 0) is 9.53 Å². The second-order valence-corrected chi connectivity index (χ2v) is 7.53. The number of hydrogen-bond acceptors (Lipinski definition) is 2. The molecule has 1 heterocycles. The van der Waals surface area contributed by atoms with Crippen LogP contribution in [0.15, 0.2) is 48.5 Å². The molecule has 1 N–H and O–H groups in total. The summed E-state index contributed by atoms with van der Waals surface area (Å²) >= 11 is 6.15. The molecule has 0 radical (unpaired) electrons. The maximum Gasteiger partial charge on any atom is 0.220 e. The summed E-state index contributed by atoms with van der Waals surface area (Å²) in [7, 11) is 0. The van der Waals surface area contributed by atoms with Gasteiger partial charge in [0.25, 0.3) is 0 Å². The van der Waals surface area contributed by atoms with Gasteiger partial charge in [-0.2, -0.15) is 0 Å². The first-order valence-electron chi connectivity index (χ1n) is 8.86. The molecule has 0 bridgehead atoms. The van der Waals surface area contributed by atoms with Crippen molar-refractivity contribution in [2.24, 2.45) is 0 Å². The molecule has 1 aliphatic heterocycles. The van der Waals surface area contributed by atoms with E-state index in [1.54, 1.807) is 12.1 Å². The van der Waals surface area contributed by atoms with E-state index in [0.29, 0.717) is 24.3 Å². The molecule has 0 aromatic heterocycles. The van der Waals surface area contributed by atoms with Crippen molar-refractivity contribution in [3.05, 3.63) is 70.5 Å². The summed E-state index contributed by atoms with van der Waals surface area (Å²) in [6, 6.07) is 13.9. The molecule has 26 heavy (non-hydrogen) atoms. The highest BCUT2D eigenvalue weighted by atomic mass is 35.5. The summed E-state index contributed by atoms with van der Waals surface area (Å²) in [4.78, 5) is 12.0. The average Bonchev–Trinajstić information content (AvgIpc) is 2.61. The first-order valence-corrected chi connectivity index (χ1v) is 9.24. The Kier molecular flexibility index (Phi) is 5.64. The van der Waals surface area contributed by atoms with Gasteiger partial charge in [0.2, 0.25) is 5.91 Å². The monoisotopic (exact) mass is 375 g/mol.